The third-order valence-electron chi connectivity index (χ3n) is 2.10. The van der Waals surface area contributed by atoms with Gasteiger partial charge in [-0.1, -0.05) is 66.0 Å². The molecule has 2 aromatic rings. The van der Waals surface area contributed by atoms with Crippen LogP contribution >= 0.6 is 47.8 Å². The monoisotopic (exact) mass is 379 g/mol. The van der Waals surface area contributed by atoms with Crippen molar-refractivity contribution in [1.82, 2.24) is 4.57 Å². The van der Waals surface area contributed by atoms with Crippen molar-refractivity contribution in [3.05, 3.63) is 36.5 Å². The van der Waals surface area contributed by atoms with Crippen molar-refractivity contribution in [1.29, 1.82) is 0 Å². The van der Waals surface area contributed by atoms with Gasteiger partial charge in [0.2, 0.25) is 0 Å². The molecule has 2 rings (SSSR count). The zero-order chi connectivity index (χ0) is 10.1. The van der Waals surface area contributed by atoms with Crippen molar-refractivity contribution < 1.29 is 0 Å². The summed E-state index contributed by atoms with van der Waals surface area (Å²) in [6, 6.07) is 10.5. The number of halogens is 3. The average molecular weight is 382 g/mol. The second-order valence-corrected chi connectivity index (χ2v) is 7.13. The molecule has 0 fully saturated rings. The van der Waals surface area contributed by atoms with Gasteiger partial charge in [-0.15, -0.1) is 0 Å². The first-order chi connectivity index (χ1) is 6.70. The Kier molecular flexibility index (Phi) is 3.34. The molecule has 0 aliphatic heterocycles. The average Bonchev–Trinajstić information content (AvgIpc) is 2.60. The molecule has 1 unspecified atom stereocenters. The fourth-order valence-electron chi connectivity index (χ4n) is 1.44. The van der Waals surface area contributed by atoms with E-state index < -0.39 is 0 Å². The summed E-state index contributed by atoms with van der Waals surface area (Å²) in [7, 11) is 0. The molecule has 1 atom stereocenters. The summed E-state index contributed by atoms with van der Waals surface area (Å²) in [5.41, 5.74) is 1.23. The molecular formula is C10H8Br3N. The van der Waals surface area contributed by atoms with E-state index >= 15 is 0 Å². The lowest BCUT2D eigenvalue weighted by molar-refractivity contribution is 0.785. The number of alkyl halides is 3. The Hall–Kier alpha value is 0.200. The SMILES string of the molecule is BrC(Br)C(Br)n1ccc2ccccc21. The lowest BCUT2D eigenvalue weighted by atomic mass is 10.2. The highest BCUT2D eigenvalue weighted by molar-refractivity contribution is 9.25. The lowest BCUT2D eigenvalue weighted by Crippen LogP contribution is -2.06. The van der Waals surface area contributed by atoms with Gasteiger partial charge in [0.25, 0.3) is 0 Å². The maximum absolute atomic E-state index is 3.62. The first-order valence-electron chi connectivity index (χ1n) is 4.18. The van der Waals surface area contributed by atoms with Crippen LogP contribution in [0.4, 0.5) is 0 Å². The molecular weight excluding hydrogens is 374 g/mol. The van der Waals surface area contributed by atoms with Gasteiger partial charge in [0.05, 0.1) is 0 Å². The molecule has 1 nitrogen and oxygen atoms in total. The number of nitrogens with zero attached hydrogens (tertiary/aromatic N) is 1. The number of aromatic nitrogens is 1. The predicted molar refractivity (Wildman–Crippen MR) is 71.5 cm³/mol. The number of para-hydroxylation sites is 1. The van der Waals surface area contributed by atoms with Crippen molar-refractivity contribution in [2.75, 3.05) is 0 Å². The van der Waals surface area contributed by atoms with Crippen LogP contribution in [0.2, 0.25) is 0 Å². The van der Waals surface area contributed by atoms with Crippen molar-refractivity contribution in [3.8, 4) is 0 Å². The topological polar surface area (TPSA) is 4.93 Å². The van der Waals surface area contributed by atoms with Crippen LogP contribution in [0.3, 0.4) is 0 Å². The standard InChI is InChI=1S/C10H8Br3N/c11-9(12)10(13)14-6-5-7-3-1-2-4-8(7)14/h1-6,9-10H. The summed E-state index contributed by atoms with van der Waals surface area (Å²) in [6.45, 7) is 0. The van der Waals surface area contributed by atoms with Crippen molar-refractivity contribution >= 4 is 58.7 Å². The molecule has 0 amide bonds. The summed E-state index contributed by atoms with van der Waals surface area (Å²) < 4.78 is 2.40. The molecule has 1 aromatic heterocycles. The van der Waals surface area contributed by atoms with E-state index in [4.69, 9.17) is 0 Å². The van der Waals surface area contributed by atoms with E-state index in [9.17, 15) is 0 Å². The minimum absolute atomic E-state index is 0.211. The molecule has 74 valence electrons. The minimum Gasteiger partial charge on any atom is -0.332 e. The highest BCUT2D eigenvalue weighted by atomic mass is 79.9. The number of hydrogen-bond donors (Lipinski definition) is 0. The molecule has 0 bridgehead atoms. The van der Waals surface area contributed by atoms with Crippen molar-refractivity contribution in [2.24, 2.45) is 0 Å². The molecule has 0 saturated carbocycles. The van der Waals surface area contributed by atoms with Gasteiger partial charge in [0, 0.05) is 11.7 Å². The van der Waals surface area contributed by atoms with E-state index in [1.54, 1.807) is 0 Å². The van der Waals surface area contributed by atoms with Crippen molar-refractivity contribution in [3.63, 3.8) is 0 Å². The van der Waals surface area contributed by atoms with E-state index in [0.717, 1.165) is 0 Å². The van der Waals surface area contributed by atoms with Gasteiger partial charge in [-0.05, 0) is 17.5 Å². The number of rotatable bonds is 2. The molecule has 1 aromatic carbocycles. The van der Waals surface area contributed by atoms with Gasteiger partial charge >= 0.3 is 0 Å². The molecule has 1 heterocycles. The maximum Gasteiger partial charge on any atom is 0.111 e. The minimum atomic E-state index is 0.211. The van der Waals surface area contributed by atoms with Gasteiger partial charge in [-0.3, -0.25) is 0 Å². The summed E-state index contributed by atoms with van der Waals surface area (Å²) in [5, 5.41) is 1.26. The van der Waals surface area contributed by atoms with Gasteiger partial charge < -0.3 is 4.57 Å². The molecule has 0 spiro atoms. The molecule has 4 heteroatoms. The van der Waals surface area contributed by atoms with Gasteiger partial charge in [-0.2, -0.15) is 0 Å². The Labute approximate surface area is 108 Å². The van der Waals surface area contributed by atoms with Crippen LogP contribution in [0.5, 0.6) is 0 Å². The number of fused-ring (bicyclic) bond motifs is 1. The normalized spacial score (nSPS) is 13.7. The second kappa shape index (κ2) is 4.37. The largest absolute Gasteiger partial charge is 0.332 e. The molecule has 0 saturated heterocycles. The predicted octanol–water partition coefficient (Wildman–Crippen LogP) is 4.65. The smallest absolute Gasteiger partial charge is 0.111 e. The third-order valence-corrected chi connectivity index (χ3v) is 5.49. The first-order valence-corrected chi connectivity index (χ1v) is 6.92. The quantitative estimate of drug-likeness (QED) is 0.667. The van der Waals surface area contributed by atoms with Gasteiger partial charge in [0.1, 0.15) is 8.69 Å². The molecule has 0 N–H and O–H groups in total. The summed E-state index contributed by atoms with van der Waals surface area (Å²) >= 11 is 10.6. The van der Waals surface area contributed by atoms with Crippen LogP contribution in [0.1, 0.15) is 4.95 Å². The molecule has 0 aliphatic rings. The Bertz CT molecular complexity index is 436. The Balaban J connectivity index is 2.53. The lowest BCUT2D eigenvalue weighted by Gasteiger charge is -2.14. The number of hydrogen-bond acceptors (Lipinski definition) is 0. The van der Waals surface area contributed by atoms with E-state index in [0.29, 0.717) is 0 Å². The second-order valence-electron chi connectivity index (χ2n) is 2.99. The van der Waals surface area contributed by atoms with Crippen molar-refractivity contribution in [2.45, 2.75) is 8.69 Å². The van der Waals surface area contributed by atoms with E-state index in [2.05, 4.69) is 88.9 Å². The number of benzene rings is 1. The molecule has 0 aliphatic carbocycles. The molecule has 0 radical (unpaired) electrons. The van der Waals surface area contributed by atoms with E-state index in [1.165, 1.54) is 10.9 Å². The zero-order valence-corrected chi connectivity index (χ0v) is 12.0. The summed E-state index contributed by atoms with van der Waals surface area (Å²) in [6.07, 6.45) is 2.08. The summed E-state index contributed by atoms with van der Waals surface area (Å²) in [4.78, 5) is 0.211. The van der Waals surface area contributed by atoms with Crippen LogP contribution in [0.25, 0.3) is 10.9 Å². The maximum atomic E-state index is 3.62. The van der Waals surface area contributed by atoms with Crippen LogP contribution < -0.4 is 0 Å². The Morgan fingerprint density at radius 2 is 1.71 bits per heavy atom. The van der Waals surface area contributed by atoms with E-state index in [-0.39, 0.29) is 8.69 Å². The highest BCUT2D eigenvalue weighted by Gasteiger charge is 2.15. The van der Waals surface area contributed by atoms with Gasteiger partial charge in [-0.25, -0.2) is 0 Å². The van der Waals surface area contributed by atoms with Crippen LogP contribution in [-0.4, -0.2) is 8.30 Å². The fourth-order valence-corrected chi connectivity index (χ4v) is 2.31. The Morgan fingerprint density at radius 1 is 1.00 bits per heavy atom. The third kappa shape index (κ3) is 1.92. The van der Waals surface area contributed by atoms with Crippen LogP contribution in [0, 0.1) is 0 Å². The molecule has 14 heavy (non-hydrogen) atoms. The first kappa shape index (κ1) is 10.7. The van der Waals surface area contributed by atoms with E-state index in [1.807, 2.05) is 0 Å². The summed E-state index contributed by atoms with van der Waals surface area (Å²) in [5.74, 6) is 0. The zero-order valence-electron chi connectivity index (χ0n) is 7.20. The van der Waals surface area contributed by atoms with Gasteiger partial charge in [0.15, 0.2) is 0 Å². The van der Waals surface area contributed by atoms with Crippen LogP contribution in [-0.2, 0) is 0 Å². The van der Waals surface area contributed by atoms with Crippen LogP contribution in [0.15, 0.2) is 36.5 Å². The Morgan fingerprint density at radius 3 is 2.43 bits per heavy atom. The fraction of sp³-hybridized carbons (Fsp3) is 0.200. The highest BCUT2D eigenvalue weighted by Crippen LogP contribution is 2.33.